The lowest BCUT2D eigenvalue weighted by Gasteiger charge is -2.23. The highest BCUT2D eigenvalue weighted by molar-refractivity contribution is 7.89. The van der Waals surface area contributed by atoms with Crippen LogP contribution in [0.1, 0.15) is 36.6 Å². The molecule has 1 aliphatic heterocycles. The molecule has 1 N–H and O–H groups in total. The Kier molecular flexibility index (Phi) is 4.49. The third-order valence-corrected chi connectivity index (χ3v) is 7.47. The van der Waals surface area contributed by atoms with E-state index in [0.29, 0.717) is 23.9 Å². The van der Waals surface area contributed by atoms with Crippen molar-refractivity contribution in [1.82, 2.24) is 14.5 Å². The number of nitrogens with one attached hydrogen (secondary N) is 1. The molecule has 0 spiro atoms. The topological polar surface area (TPSA) is 92.3 Å². The molecular weight excluding hydrogens is 379 g/mol. The fourth-order valence-corrected chi connectivity index (χ4v) is 5.68. The van der Waals surface area contributed by atoms with Crippen molar-refractivity contribution in [3.8, 4) is 0 Å². The van der Waals surface area contributed by atoms with Crippen LogP contribution in [0.4, 0.5) is 9.52 Å². The molecule has 26 heavy (non-hydrogen) atoms. The van der Waals surface area contributed by atoms with Crippen LogP contribution in [-0.4, -0.2) is 41.4 Å². The third-order valence-electron chi connectivity index (χ3n) is 4.53. The number of carbonyl (C=O) groups excluding carboxylic acids is 1. The van der Waals surface area contributed by atoms with E-state index in [1.165, 1.54) is 29.5 Å². The predicted octanol–water partition coefficient (Wildman–Crippen LogP) is 2.35. The average Bonchev–Trinajstić information content (AvgIpc) is 3.15. The Morgan fingerprint density at radius 2 is 2.00 bits per heavy atom. The number of halogens is 1. The van der Waals surface area contributed by atoms with Gasteiger partial charge in [0.25, 0.3) is 0 Å². The lowest BCUT2D eigenvalue weighted by Crippen LogP contribution is -2.43. The van der Waals surface area contributed by atoms with E-state index in [4.69, 9.17) is 0 Å². The summed E-state index contributed by atoms with van der Waals surface area (Å²) in [5.74, 6) is -0.847. The Morgan fingerprint density at radius 3 is 2.73 bits per heavy atom. The second kappa shape index (κ2) is 6.67. The van der Waals surface area contributed by atoms with Crippen molar-refractivity contribution in [3.05, 3.63) is 35.1 Å². The Morgan fingerprint density at radius 1 is 1.23 bits per heavy atom. The van der Waals surface area contributed by atoms with Crippen LogP contribution < -0.4 is 5.32 Å². The van der Waals surface area contributed by atoms with Gasteiger partial charge in [-0.1, -0.05) is 23.5 Å². The Balaban J connectivity index is 1.53. The highest BCUT2D eigenvalue weighted by Gasteiger charge is 2.40. The summed E-state index contributed by atoms with van der Waals surface area (Å²) in [5.41, 5.74) is 0. The van der Waals surface area contributed by atoms with Gasteiger partial charge in [-0.3, -0.25) is 10.1 Å². The van der Waals surface area contributed by atoms with E-state index < -0.39 is 32.7 Å². The maximum absolute atomic E-state index is 14.0. The van der Waals surface area contributed by atoms with Gasteiger partial charge in [-0.15, -0.1) is 10.2 Å². The quantitative estimate of drug-likeness (QED) is 0.838. The van der Waals surface area contributed by atoms with Gasteiger partial charge in [-0.25, -0.2) is 12.8 Å². The van der Waals surface area contributed by atoms with Crippen LogP contribution in [0.25, 0.3) is 0 Å². The normalized spacial score (nSPS) is 21.0. The average molecular weight is 396 g/mol. The SMILES string of the molecule is O=C(Nc1nnc(C2CC2)s1)C1CCCN1S(=O)(=O)c1ccccc1F. The summed E-state index contributed by atoms with van der Waals surface area (Å²) in [6, 6.07) is 4.31. The summed E-state index contributed by atoms with van der Waals surface area (Å²) >= 11 is 1.32. The first-order valence-electron chi connectivity index (χ1n) is 8.37. The monoisotopic (exact) mass is 396 g/mol. The van der Waals surface area contributed by atoms with Gasteiger partial charge in [-0.05, 0) is 37.8 Å². The summed E-state index contributed by atoms with van der Waals surface area (Å²) < 4.78 is 40.7. The fraction of sp³-hybridized carbons (Fsp3) is 0.438. The van der Waals surface area contributed by atoms with Gasteiger partial charge in [0.1, 0.15) is 21.8 Å². The van der Waals surface area contributed by atoms with E-state index in [2.05, 4.69) is 15.5 Å². The summed E-state index contributed by atoms with van der Waals surface area (Å²) in [5, 5.41) is 11.9. The van der Waals surface area contributed by atoms with Crippen LogP contribution in [0.5, 0.6) is 0 Å². The number of benzene rings is 1. The first kappa shape index (κ1) is 17.5. The summed E-state index contributed by atoms with van der Waals surface area (Å²) in [7, 11) is -4.09. The number of sulfonamides is 1. The summed E-state index contributed by atoms with van der Waals surface area (Å²) in [4.78, 5) is 12.2. The molecule has 138 valence electrons. The standard InChI is InChI=1S/C16H17FN4O3S2/c17-11-4-1-2-6-13(11)26(23,24)21-9-3-5-12(21)14(22)18-16-20-19-15(25-16)10-7-8-10/h1-2,4,6,10,12H,3,5,7-9H2,(H,18,20,22). The van der Waals surface area contributed by atoms with Crippen molar-refractivity contribution in [2.24, 2.45) is 0 Å². The second-order valence-corrected chi connectivity index (χ2v) is 9.28. The summed E-state index contributed by atoms with van der Waals surface area (Å²) in [6.45, 7) is 0.179. The number of nitrogens with zero attached hydrogens (tertiary/aromatic N) is 3. The van der Waals surface area contributed by atoms with E-state index >= 15 is 0 Å². The zero-order valence-electron chi connectivity index (χ0n) is 13.8. The highest BCUT2D eigenvalue weighted by Crippen LogP contribution is 2.42. The first-order chi connectivity index (χ1) is 12.5. The molecule has 0 bridgehead atoms. The molecule has 1 saturated heterocycles. The molecular formula is C16H17FN4O3S2. The maximum Gasteiger partial charge on any atom is 0.246 e. The number of aromatic nitrogens is 2. The number of amides is 1. The van der Waals surface area contributed by atoms with Gasteiger partial charge in [-0.2, -0.15) is 4.31 Å². The van der Waals surface area contributed by atoms with E-state index in [9.17, 15) is 17.6 Å². The van der Waals surface area contributed by atoms with Crippen LogP contribution >= 0.6 is 11.3 Å². The lowest BCUT2D eigenvalue weighted by molar-refractivity contribution is -0.119. The number of carbonyl (C=O) groups is 1. The molecule has 7 nitrogen and oxygen atoms in total. The van der Waals surface area contributed by atoms with Crippen LogP contribution in [0, 0.1) is 5.82 Å². The van der Waals surface area contributed by atoms with Crippen LogP contribution in [-0.2, 0) is 14.8 Å². The number of anilines is 1. The van der Waals surface area contributed by atoms with E-state index in [0.717, 1.165) is 28.2 Å². The molecule has 1 aromatic heterocycles. The van der Waals surface area contributed by atoms with Crippen molar-refractivity contribution < 1.29 is 17.6 Å². The fourth-order valence-electron chi connectivity index (χ4n) is 3.04. The minimum atomic E-state index is -4.09. The van der Waals surface area contributed by atoms with Crippen LogP contribution in [0.2, 0.25) is 0 Å². The van der Waals surface area contributed by atoms with Gasteiger partial charge >= 0.3 is 0 Å². The van der Waals surface area contributed by atoms with Gasteiger partial charge in [0, 0.05) is 12.5 Å². The molecule has 1 unspecified atom stereocenters. The Hall–Kier alpha value is -1.91. The molecule has 2 fully saturated rings. The van der Waals surface area contributed by atoms with Crippen molar-refractivity contribution in [2.75, 3.05) is 11.9 Å². The molecule has 1 saturated carbocycles. The maximum atomic E-state index is 14.0. The van der Waals surface area contributed by atoms with Crippen LogP contribution in [0.15, 0.2) is 29.2 Å². The summed E-state index contributed by atoms with van der Waals surface area (Å²) in [6.07, 6.45) is 3.09. The molecule has 1 aliphatic carbocycles. The minimum absolute atomic E-state index is 0.179. The molecule has 2 heterocycles. The molecule has 0 radical (unpaired) electrons. The van der Waals surface area contributed by atoms with E-state index in [-0.39, 0.29) is 6.54 Å². The largest absolute Gasteiger partial charge is 0.299 e. The zero-order chi connectivity index (χ0) is 18.3. The molecule has 10 heteroatoms. The third kappa shape index (κ3) is 3.24. The molecule has 1 aromatic carbocycles. The van der Waals surface area contributed by atoms with Gasteiger partial charge in [0.2, 0.25) is 21.1 Å². The number of hydrogen-bond donors (Lipinski definition) is 1. The van der Waals surface area contributed by atoms with Crippen molar-refractivity contribution in [3.63, 3.8) is 0 Å². The second-order valence-electron chi connectivity index (χ2n) is 6.41. The van der Waals surface area contributed by atoms with Gasteiger partial charge in [0.05, 0.1) is 0 Å². The number of hydrogen-bond acceptors (Lipinski definition) is 6. The highest BCUT2D eigenvalue weighted by atomic mass is 32.2. The molecule has 1 atom stereocenters. The predicted molar refractivity (Wildman–Crippen MR) is 93.8 cm³/mol. The van der Waals surface area contributed by atoms with Crippen molar-refractivity contribution in [2.45, 2.75) is 42.5 Å². The van der Waals surface area contributed by atoms with Crippen LogP contribution in [0.3, 0.4) is 0 Å². The Bertz CT molecular complexity index is 942. The van der Waals surface area contributed by atoms with E-state index in [1.807, 2.05) is 0 Å². The molecule has 2 aliphatic rings. The smallest absolute Gasteiger partial charge is 0.246 e. The Labute approximate surface area is 154 Å². The minimum Gasteiger partial charge on any atom is -0.299 e. The van der Waals surface area contributed by atoms with Gasteiger partial charge < -0.3 is 0 Å². The van der Waals surface area contributed by atoms with Crippen molar-refractivity contribution in [1.29, 1.82) is 0 Å². The van der Waals surface area contributed by atoms with Gasteiger partial charge in [0.15, 0.2) is 0 Å². The number of rotatable bonds is 5. The first-order valence-corrected chi connectivity index (χ1v) is 10.6. The molecule has 4 rings (SSSR count). The molecule has 2 aromatic rings. The molecule has 1 amide bonds. The van der Waals surface area contributed by atoms with Crippen molar-refractivity contribution >= 4 is 32.4 Å². The van der Waals surface area contributed by atoms with E-state index in [1.54, 1.807) is 0 Å². The lowest BCUT2D eigenvalue weighted by atomic mass is 10.2. The zero-order valence-corrected chi connectivity index (χ0v) is 15.4.